The third-order valence-electron chi connectivity index (χ3n) is 4.12. The van der Waals surface area contributed by atoms with Gasteiger partial charge in [-0.2, -0.15) is 0 Å². The van der Waals surface area contributed by atoms with Gasteiger partial charge < -0.3 is 20.1 Å². The number of carboxylic acids is 2. The lowest BCUT2D eigenvalue weighted by atomic mass is 10.1. The quantitative estimate of drug-likeness (QED) is 0.432. The molecule has 0 amide bonds. The molecular formula is C20H25NO6S. The van der Waals surface area contributed by atoms with Gasteiger partial charge in [-0.15, -0.1) is 11.3 Å². The lowest BCUT2D eigenvalue weighted by molar-refractivity contribution is -0.134. The molecule has 2 aromatic rings. The third kappa shape index (κ3) is 8.18. The van der Waals surface area contributed by atoms with Gasteiger partial charge in [0.2, 0.25) is 0 Å². The van der Waals surface area contributed by atoms with Crippen molar-refractivity contribution in [3.8, 4) is 0 Å². The summed E-state index contributed by atoms with van der Waals surface area (Å²) < 4.78 is 7.04. The molecule has 0 aliphatic carbocycles. The summed E-state index contributed by atoms with van der Waals surface area (Å²) in [6.07, 6.45) is 3.05. The molecule has 152 valence electrons. The van der Waals surface area contributed by atoms with Gasteiger partial charge in [-0.3, -0.25) is 4.90 Å². The highest BCUT2D eigenvalue weighted by Crippen LogP contribution is 2.21. The molecule has 1 aliphatic rings. The zero-order valence-corrected chi connectivity index (χ0v) is 16.3. The lowest BCUT2D eigenvalue weighted by Crippen LogP contribution is -2.50. The van der Waals surface area contributed by atoms with E-state index >= 15 is 0 Å². The Morgan fingerprint density at radius 1 is 1.14 bits per heavy atom. The predicted octanol–water partition coefficient (Wildman–Crippen LogP) is 2.24. The van der Waals surface area contributed by atoms with Gasteiger partial charge >= 0.3 is 11.9 Å². The highest BCUT2D eigenvalue weighted by molar-refractivity contribution is 7.17. The number of hydrogen-bond acceptors (Lipinski definition) is 6. The lowest BCUT2D eigenvalue weighted by Gasteiger charge is -2.35. The standard InChI is InChI=1S/C16H21NO2S.C4H4O4/c18-15-11-17(12-15)6-1-7-19-8-4-13-2-3-16-14(10-13)5-9-20-16;5-3(6)1-2-4(7)8/h2-3,5,9-10,15,18H,1,4,6-8,11-12H2;1-2H,(H,5,6)(H,7,8)/b;2-1+. The molecule has 0 radical (unpaired) electrons. The Morgan fingerprint density at radius 2 is 1.86 bits per heavy atom. The van der Waals surface area contributed by atoms with Gasteiger partial charge in [-0.05, 0) is 41.3 Å². The molecule has 3 N–H and O–H groups in total. The van der Waals surface area contributed by atoms with Crippen molar-refractivity contribution in [2.75, 3.05) is 32.8 Å². The summed E-state index contributed by atoms with van der Waals surface area (Å²) in [5.74, 6) is -2.51. The van der Waals surface area contributed by atoms with Crippen LogP contribution in [0.4, 0.5) is 0 Å². The number of aliphatic hydroxyl groups excluding tert-OH is 1. The fraction of sp³-hybridized carbons (Fsp3) is 0.400. The van der Waals surface area contributed by atoms with Gasteiger partial charge in [0.1, 0.15) is 0 Å². The second kappa shape index (κ2) is 11.6. The van der Waals surface area contributed by atoms with E-state index in [9.17, 15) is 14.7 Å². The second-order valence-corrected chi connectivity index (χ2v) is 7.38. The number of carbonyl (C=O) groups is 2. The van der Waals surface area contributed by atoms with Crippen LogP contribution >= 0.6 is 11.3 Å². The molecule has 1 aliphatic heterocycles. The van der Waals surface area contributed by atoms with Crippen molar-refractivity contribution < 1.29 is 29.6 Å². The Labute approximate surface area is 167 Å². The van der Waals surface area contributed by atoms with E-state index in [-0.39, 0.29) is 6.10 Å². The predicted molar refractivity (Wildman–Crippen MR) is 108 cm³/mol. The molecule has 0 atom stereocenters. The molecule has 0 bridgehead atoms. The first-order chi connectivity index (χ1) is 13.4. The van der Waals surface area contributed by atoms with Crippen LogP contribution in [-0.2, 0) is 20.7 Å². The minimum atomic E-state index is -1.26. The van der Waals surface area contributed by atoms with Crippen molar-refractivity contribution in [2.45, 2.75) is 18.9 Å². The molecular weight excluding hydrogens is 382 g/mol. The maximum atomic E-state index is 9.55. The number of β-amino-alcohol motifs (C(OH)–C–C–N with tert-alkyl or cyclic N) is 1. The Bertz CT molecular complexity index is 781. The van der Waals surface area contributed by atoms with Crippen LogP contribution in [0.25, 0.3) is 10.1 Å². The van der Waals surface area contributed by atoms with Crippen molar-refractivity contribution >= 4 is 33.4 Å². The van der Waals surface area contributed by atoms with E-state index in [0.29, 0.717) is 12.2 Å². The number of nitrogens with zero attached hydrogens (tertiary/aromatic N) is 1. The summed E-state index contributed by atoms with van der Waals surface area (Å²) in [6.45, 7) is 4.31. The van der Waals surface area contributed by atoms with Crippen molar-refractivity contribution in [1.82, 2.24) is 4.90 Å². The maximum Gasteiger partial charge on any atom is 0.328 e. The molecule has 0 spiro atoms. The average Bonchev–Trinajstić information content (AvgIpc) is 3.09. The SMILES string of the molecule is O=C(O)/C=C/C(=O)O.OC1CN(CCCOCCc2ccc3sccc3c2)C1. The largest absolute Gasteiger partial charge is 0.478 e. The number of hydrogen-bond donors (Lipinski definition) is 3. The Balaban J connectivity index is 0.000000300. The van der Waals surface area contributed by atoms with Crippen LogP contribution in [0.5, 0.6) is 0 Å². The van der Waals surface area contributed by atoms with E-state index in [1.165, 1.54) is 15.6 Å². The van der Waals surface area contributed by atoms with Crippen molar-refractivity contribution in [1.29, 1.82) is 0 Å². The van der Waals surface area contributed by atoms with Crippen LogP contribution in [0.2, 0.25) is 0 Å². The van der Waals surface area contributed by atoms with E-state index < -0.39 is 11.9 Å². The molecule has 2 heterocycles. The maximum absolute atomic E-state index is 9.55. The highest BCUT2D eigenvalue weighted by atomic mass is 32.1. The summed E-state index contributed by atoms with van der Waals surface area (Å²) in [5, 5.41) is 28.3. The van der Waals surface area contributed by atoms with Crippen molar-refractivity contribution in [3.63, 3.8) is 0 Å². The molecule has 0 unspecified atom stereocenters. The van der Waals surface area contributed by atoms with Crippen LogP contribution in [0.1, 0.15) is 12.0 Å². The summed E-state index contributed by atoms with van der Waals surface area (Å²) >= 11 is 1.79. The van der Waals surface area contributed by atoms with Gasteiger partial charge in [0.15, 0.2) is 0 Å². The molecule has 28 heavy (non-hydrogen) atoms. The van der Waals surface area contributed by atoms with Gasteiger partial charge in [-0.1, -0.05) is 12.1 Å². The molecule has 1 aromatic heterocycles. The zero-order chi connectivity index (χ0) is 20.4. The van der Waals surface area contributed by atoms with Crippen LogP contribution in [0.15, 0.2) is 41.8 Å². The van der Waals surface area contributed by atoms with E-state index in [0.717, 1.165) is 45.7 Å². The number of aliphatic hydroxyl groups is 1. The normalized spacial score (nSPS) is 14.6. The van der Waals surface area contributed by atoms with Crippen molar-refractivity contribution in [2.24, 2.45) is 0 Å². The smallest absolute Gasteiger partial charge is 0.328 e. The molecule has 3 rings (SSSR count). The van der Waals surface area contributed by atoms with Crippen LogP contribution < -0.4 is 0 Å². The minimum Gasteiger partial charge on any atom is -0.478 e. The van der Waals surface area contributed by atoms with E-state index in [2.05, 4.69) is 34.5 Å². The monoisotopic (exact) mass is 407 g/mol. The van der Waals surface area contributed by atoms with Gasteiger partial charge in [-0.25, -0.2) is 9.59 Å². The number of rotatable bonds is 9. The Morgan fingerprint density at radius 3 is 2.50 bits per heavy atom. The fourth-order valence-corrected chi connectivity index (χ4v) is 3.49. The summed E-state index contributed by atoms with van der Waals surface area (Å²) in [5.41, 5.74) is 1.35. The van der Waals surface area contributed by atoms with Crippen molar-refractivity contribution in [3.05, 3.63) is 47.4 Å². The van der Waals surface area contributed by atoms with Gasteiger partial charge in [0.25, 0.3) is 0 Å². The fourth-order valence-electron chi connectivity index (χ4n) is 2.72. The molecule has 8 heteroatoms. The van der Waals surface area contributed by atoms with E-state index in [1.54, 1.807) is 11.3 Å². The molecule has 0 saturated carbocycles. The van der Waals surface area contributed by atoms with Crippen LogP contribution in [0, 0.1) is 0 Å². The Hall–Kier alpha value is -2.26. The number of aliphatic carboxylic acids is 2. The average molecular weight is 407 g/mol. The first-order valence-electron chi connectivity index (χ1n) is 9.02. The third-order valence-corrected chi connectivity index (χ3v) is 5.02. The number of thiophene rings is 1. The number of likely N-dealkylation sites (tertiary alicyclic amines) is 1. The molecule has 1 saturated heterocycles. The number of carboxylic acid groups (broad SMARTS) is 2. The number of fused-ring (bicyclic) bond motifs is 1. The summed E-state index contributed by atoms with van der Waals surface area (Å²) in [6, 6.07) is 8.83. The first-order valence-corrected chi connectivity index (χ1v) is 9.90. The first kappa shape index (κ1) is 22.0. The van der Waals surface area contributed by atoms with Gasteiger partial charge in [0.05, 0.1) is 12.7 Å². The summed E-state index contributed by atoms with van der Waals surface area (Å²) in [4.78, 5) is 21.4. The van der Waals surface area contributed by atoms with Gasteiger partial charge in [0, 0.05) is 43.1 Å². The topological polar surface area (TPSA) is 107 Å². The Kier molecular flexibility index (Phi) is 9.09. The van der Waals surface area contributed by atoms with Crippen LogP contribution in [0.3, 0.4) is 0 Å². The second-order valence-electron chi connectivity index (χ2n) is 6.43. The zero-order valence-electron chi connectivity index (χ0n) is 15.5. The summed E-state index contributed by atoms with van der Waals surface area (Å²) in [7, 11) is 0. The number of benzene rings is 1. The van der Waals surface area contributed by atoms with E-state index in [4.69, 9.17) is 14.9 Å². The number of ether oxygens (including phenoxy) is 1. The highest BCUT2D eigenvalue weighted by Gasteiger charge is 2.22. The minimum absolute atomic E-state index is 0.0945. The van der Waals surface area contributed by atoms with Crippen LogP contribution in [-0.4, -0.2) is 71.1 Å². The molecule has 1 aromatic carbocycles. The molecule has 7 nitrogen and oxygen atoms in total. The molecule has 1 fully saturated rings. The van der Waals surface area contributed by atoms with E-state index in [1.807, 2.05) is 0 Å².